The van der Waals surface area contributed by atoms with Crippen LogP contribution in [0.5, 0.6) is 0 Å². The molecule has 0 saturated carbocycles. The Bertz CT molecular complexity index is 511. The van der Waals surface area contributed by atoms with Gasteiger partial charge < -0.3 is 15.5 Å². The van der Waals surface area contributed by atoms with Gasteiger partial charge in [0.25, 0.3) is 0 Å². The summed E-state index contributed by atoms with van der Waals surface area (Å²) < 4.78 is 38.2. The van der Waals surface area contributed by atoms with Crippen LogP contribution in [0, 0.1) is 0 Å². The van der Waals surface area contributed by atoms with Gasteiger partial charge in [-0.05, 0) is 25.1 Å². The number of nitrogens with two attached hydrogens (primary N) is 1. The minimum absolute atomic E-state index is 0. The number of guanidine groups is 1. The Morgan fingerprint density at radius 1 is 1.23 bits per heavy atom. The molecule has 2 N–H and O–H groups in total. The van der Waals surface area contributed by atoms with E-state index in [9.17, 15) is 13.2 Å². The Hall–Kier alpha value is -1.19. The van der Waals surface area contributed by atoms with Crippen LogP contribution in [0.25, 0.3) is 0 Å². The zero-order valence-corrected chi connectivity index (χ0v) is 14.6. The molecule has 0 unspecified atom stereocenters. The van der Waals surface area contributed by atoms with Gasteiger partial charge in [-0.3, -0.25) is 4.99 Å². The molecule has 0 aromatic heterocycles. The van der Waals surface area contributed by atoms with Crippen molar-refractivity contribution < 1.29 is 13.2 Å². The van der Waals surface area contributed by atoms with E-state index >= 15 is 0 Å². The van der Waals surface area contributed by atoms with Crippen molar-refractivity contribution in [2.24, 2.45) is 10.7 Å². The van der Waals surface area contributed by atoms with E-state index in [0.29, 0.717) is 44.4 Å². The first-order valence-electron chi connectivity index (χ1n) is 6.89. The van der Waals surface area contributed by atoms with Gasteiger partial charge in [0, 0.05) is 38.4 Å². The van der Waals surface area contributed by atoms with Gasteiger partial charge in [-0.25, -0.2) is 0 Å². The standard InChI is InChI=1S/C14H19F3N4.HI/c1-2-19-13(18)21-8-6-20(7-9-21)12-5-3-4-11(10-12)14(15,16)17;/h3-5,10H,2,6-9H2,1H3,(H2,18,19);1H. The lowest BCUT2D eigenvalue weighted by molar-refractivity contribution is -0.137. The maximum atomic E-state index is 12.7. The summed E-state index contributed by atoms with van der Waals surface area (Å²) in [5, 5.41) is 0. The monoisotopic (exact) mass is 428 g/mol. The van der Waals surface area contributed by atoms with Crippen LogP contribution in [0.4, 0.5) is 18.9 Å². The maximum Gasteiger partial charge on any atom is 0.416 e. The molecule has 1 saturated heterocycles. The molecule has 0 atom stereocenters. The van der Waals surface area contributed by atoms with Crippen molar-refractivity contribution in [1.29, 1.82) is 0 Å². The second kappa shape index (κ2) is 7.89. The largest absolute Gasteiger partial charge is 0.416 e. The van der Waals surface area contributed by atoms with E-state index in [1.165, 1.54) is 12.1 Å². The van der Waals surface area contributed by atoms with E-state index in [1.807, 2.05) is 16.7 Å². The molecule has 1 aliphatic heterocycles. The lowest BCUT2D eigenvalue weighted by Gasteiger charge is -2.36. The molecule has 0 aliphatic carbocycles. The molecule has 0 spiro atoms. The molecule has 8 heteroatoms. The van der Waals surface area contributed by atoms with E-state index in [2.05, 4.69) is 4.99 Å². The van der Waals surface area contributed by atoms with E-state index in [0.717, 1.165) is 6.07 Å². The van der Waals surface area contributed by atoms with Crippen LogP contribution in [-0.2, 0) is 6.18 Å². The van der Waals surface area contributed by atoms with E-state index in [4.69, 9.17) is 5.73 Å². The Labute approximate surface area is 145 Å². The van der Waals surface area contributed by atoms with Crippen molar-refractivity contribution in [3.05, 3.63) is 29.8 Å². The molecule has 0 amide bonds. The lowest BCUT2D eigenvalue weighted by atomic mass is 10.1. The number of aliphatic imine (C=N–C) groups is 1. The van der Waals surface area contributed by atoms with Crippen molar-refractivity contribution in [3.8, 4) is 0 Å². The van der Waals surface area contributed by atoms with Gasteiger partial charge in [0.05, 0.1) is 5.56 Å². The number of alkyl halides is 3. The van der Waals surface area contributed by atoms with Crippen molar-refractivity contribution in [1.82, 2.24) is 4.90 Å². The van der Waals surface area contributed by atoms with Crippen molar-refractivity contribution in [2.75, 3.05) is 37.6 Å². The first-order valence-corrected chi connectivity index (χ1v) is 6.89. The second-order valence-corrected chi connectivity index (χ2v) is 4.85. The molecule has 1 fully saturated rings. The van der Waals surface area contributed by atoms with Crippen LogP contribution >= 0.6 is 24.0 Å². The summed E-state index contributed by atoms with van der Waals surface area (Å²) in [6, 6.07) is 5.43. The summed E-state index contributed by atoms with van der Waals surface area (Å²) in [6.45, 7) is 5.10. The van der Waals surface area contributed by atoms with Crippen LogP contribution in [0.15, 0.2) is 29.3 Å². The summed E-state index contributed by atoms with van der Waals surface area (Å²) >= 11 is 0. The predicted molar refractivity (Wildman–Crippen MR) is 92.8 cm³/mol. The van der Waals surface area contributed by atoms with Gasteiger partial charge in [-0.15, -0.1) is 24.0 Å². The Morgan fingerprint density at radius 3 is 2.41 bits per heavy atom. The van der Waals surface area contributed by atoms with E-state index < -0.39 is 11.7 Å². The summed E-state index contributed by atoms with van der Waals surface area (Å²) in [4.78, 5) is 8.03. The van der Waals surface area contributed by atoms with Gasteiger partial charge in [0.2, 0.25) is 0 Å². The van der Waals surface area contributed by atoms with Gasteiger partial charge in [-0.2, -0.15) is 13.2 Å². The Kier molecular flexibility index (Phi) is 6.76. The molecule has 0 bridgehead atoms. The molecule has 0 radical (unpaired) electrons. The number of piperazine rings is 1. The van der Waals surface area contributed by atoms with Crippen molar-refractivity contribution >= 4 is 35.6 Å². The highest BCUT2D eigenvalue weighted by molar-refractivity contribution is 14.0. The number of benzene rings is 1. The SMILES string of the molecule is CCN=C(N)N1CCN(c2cccc(C(F)(F)F)c2)CC1.I. The van der Waals surface area contributed by atoms with Gasteiger partial charge in [0.15, 0.2) is 5.96 Å². The van der Waals surface area contributed by atoms with Crippen LogP contribution in [0.1, 0.15) is 12.5 Å². The quantitative estimate of drug-likeness (QED) is 0.448. The first kappa shape index (κ1) is 18.9. The third-order valence-electron chi connectivity index (χ3n) is 3.46. The fraction of sp³-hybridized carbons (Fsp3) is 0.500. The Morgan fingerprint density at radius 2 is 1.86 bits per heavy atom. The van der Waals surface area contributed by atoms with E-state index in [1.54, 1.807) is 6.07 Å². The summed E-state index contributed by atoms with van der Waals surface area (Å²) in [5.74, 6) is 0.501. The van der Waals surface area contributed by atoms with Crippen LogP contribution in [0.2, 0.25) is 0 Å². The molecule has 1 heterocycles. The first-order chi connectivity index (χ1) is 9.91. The number of rotatable bonds is 2. The third-order valence-corrected chi connectivity index (χ3v) is 3.46. The number of anilines is 1. The number of halogens is 4. The van der Waals surface area contributed by atoms with Crippen LogP contribution < -0.4 is 10.6 Å². The fourth-order valence-electron chi connectivity index (χ4n) is 2.33. The highest BCUT2D eigenvalue weighted by Gasteiger charge is 2.31. The highest BCUT2D eigenvalue weighted by Crippen LogP contribution is 2.31. The summed E-state index contributed by atoms with van der Waals surface area (Å²) in [6.07, 6.45) is -4.31. The van der Waals surface area contributed by atoms with Crippen LogP contribution in [-0.4, -0.2) is 43.6 Å². The molecule has 2 rings (SSSR count). The van der Waals surface area contributed by atoms with Crippen LogP contribution in [0.3, 0.4) is 0 Å². The lowest BCUT2D eigenvalue weighted by Crippen LogP contribution is -2.51. The van der Waals surface area contributed by atoms with Gasteiger partial charge in [0.1, 0.15) is 0 Å². The zero-order valence-electron chi connectivity index (χ0n) is 12.3. The molecule has 1 aromatic carbocycles. The number of hydrogen-bond acceptors (Lipinski definition) is 2. The highest BCUT2D eigenvalue weighted by atomic mass is 127. The van der Waals surface area contributed by atoms with E-state index in [-0.39, 0.29) is 24.0 Å². The maximum absolute atomic E-state index is 12.7. The third kappa shape index (κ3) is 4.65. The normalized spacial score (nSPS) is 16.5. The molecular weight excluding hydrogens is 408 g/mol. The molecule has 1 aliphatic rings. The average molecular weight is 428 g/mol. The smallest absolute Gasteiger partial charge is 0.370 e. The summed E-state index contributed by atoms with van der Waals surface area (Å²) in [7, 11) is 0. The number of nitrogens with zero attached hydrogens (tertiary/aromatic N) is 3. The summed E-state index contributed by atoms with van der Waals surface area (Å²) in [5.41, 5.74) is 5.81. The van der Waals surface area contributed by atoms with Crippen molar-refractivity contribution in [3.63, 3.8) is 0 Å². The molecule has 22 heavy (non-hydrogen) atoms. The van der Waals surface area contributed by atoms with Gasteiger partial charge >= 0.3 is 6.18 Å². The van der Waals surface area contributed by atoms with Crippen molar-refractivity contribution in [2.45, 2.75) is 13.1 Å². The minimum atomic E-state index is -4.31. The Balaban J connectivity index is 0.00000242. The second-order valence-electron chi connectivity index (χ2n) is 4.85. The number of hydrogen-bond donors (Lipinski definition) is 1. The zero-order chi connectivity index (χ0) is 15.5. The topological polar surface area (TPSA) is 44.9 Å². The molecule has 1 aromatic rings. The predicted octanol–water partition coefficient (Wildman–Crippen LogP) is 2.78. The van der Waals surface area contributed by atoms with Gasteiger partial charge in [-0.1, -0.05) is 6.07 Å². The minimum Gasteiger partial charge on any atom is -0.370 e. The molecule has 124 valence electrons. The average Bonchev–Trinajstić information content (AvgIpc) is 2.47. The molecule has 4 nitrogen and oxygen atoms in total. The molecular formula is C14H20F3IN4. The fourth-order valence-corrected chi connectivity index (χ4v) is 2.33.